The lowest BCUT2D eigenvalue weighted by molar-refractivity contribution is 0.166. The zero-order valence-corrected chi connectivity index (χ0v) is 14.0. The molecule has 6 nitrogen and oxygen atoms in total. The minimum absolute atomic E-state index is 0.348. The molecule has 4 rings (SSSR count). The van der Waals surface area contributed by atoms with Crippen molar-refractivity contribution >= 4 is 0 Å². The van der Waals surface area contributed by atoms with Crippen molar-refractivity contribution in [2.45, 2.75) is 51.1 Å². The molecule has 2 aromatic rings. The molecule has 1 aliphatic carbocycles. The summed E-state index contributed by atoms with van der Waals surface area (Å²) in [6.07, 6.45) is 7.28. The van der Waals surface area contributed by atoms with Crippen LogP contribution in [-0.4, -0.2) is 43.3 Å². The first-order valence-corrected chi connectivity index (χ1v) is 9.05. The summed E-state index contributed by atoms with van der Waals surface area (Å²) < 4.78 is 2.02. The molecule has 0 amide bonds. The molecule has 0 radical (unpaired) electrons. The van der Waals surface area contributed by atoms with Crippen LogP contribution < -0.4 is 0 Å². The molecule has 0 unspecified atom stereocenters. The number of piperidine rings is 1. The molecule has 24 heavy (non-hydrogen) atoms. The highest BCUT2D eigenvalue weighted by Gasteiger charge is 2.29. The van der Waals surface area contributed by atoms with Gasteiger partial charge in [-0.2, -0.15) is 0 Å². The van der Waals surface area contributed by atoms with Crippen molar-refractivity contribution in [1.82, 2.24) is 25.1 Å². The summed E-state index contributed by atoms with van der Waals surface area (Å²) in [5.74, 6) is 2.18. The second-order valence-electron chi connectivity index (χ2n) is 7.20. The van der Waals surface area contributed by atoms with Crippen LogP contribution in [0, 0.1) is 5.92 Å². The molecule has 1 N–H and O–H groups in total. The van der Waals surface area contributed by atoms with E-state index < -0.39 is 0 Å². The minimum atomic E-state index is 0.348. The Morgan fingerprint density at radius 3 is 2.50 bits per heavy atom. The van der Waals surface area contributed by atoms with Crippen molar-refractivity contribution in [2.75, 3.05) is 13.1 Å². The van der Waals surface area contributed by atoms with Crippen LogP contribution in [0.2, 0.25) is 0 Å². The molecule has 1 aliphatic heterocycles. The Balaban J connectivity index is 1.23. The second kappa shape index (κ2) is 6.89. The van der Waals surface area contributed by atoms with Crippen LogP contribution in [0.25, 0.3) is 0 Å². The fourth-order valence-corrected chi connectivity index (χ4v) is 3.59. The van der Waals surface area contributed by atoms with Crippen LogP contribution in [-0.2, 0) is 13.0 Å². The van der Waals surface area contributed by atoms with Gasteiger partial charge in [-0.3, -0.25) is 4.90 Å². The summed E-state index contributed by atoms with van der Waals surface area (Å²) >= 11 is 0. The number of aromatic hydroxyl groups is 1. The monoisotopic (exact) mass is 327 g/mol. The molecule has 0 atom stereocenters. The SMILES string of the molecule is Oc1ccc(CCC2CCN(Cc3nnnn3C3CC3)CC2)cc1. The number of tetrazole rings is 1. The highest BCUT2D eigenvalue weighted by molar-refractivity contribution is 5.25. The smallest absolute Gasteiger partial charge is 0.165 e. The van der Waals surface area contributed by atoms with Gasteiger partial charge >= 0.3 is 0 Å². The van der Waals surface area contributed by atoms with Gasteiger partial charge in [0, 0.05) is 0 Å². The molecule has 0 bridgehead atoms. The Morgan fingerprint density at radius 1 is 1.04 bits per heavy atom. The highest BCUT2D eigenvalue weighted by Crippen LogP contribution is 2.34. The average molecular weight is 327 g/mol. The second-order valence-corrected chi connectivity index (χ2v) is 7.20. The van der Waals surface area contributed by atoms with Crippen molar-refractivity contribution in [1.29, 1.82) is 0 Å². The third kappa shape index (κ3) is 3.75. The molecule has 1 saturated carbocycles. The number of phenolic OH excluding ortho intramolecular Hbond substituents is 1. The fourth-order valence-electron chi connectivity index (χ4n) is 3.59. The van der Waals surface area contributed by atoms with Crippen LogP contribution in [0.5, 0.6) is 5.75 Å². The van der Waals surface area contributed by atoms with Crippen LogP contribution >= 0.6 is 0 Å². The van der Waals surface area contributed by atoms with Crippen LogP contribution in [0.15, 0.2) is 24.3 Å². The average Bonchev–Trinajstić information content (AvgIpc) is 3.35. The maximum Gasteiger partial charge on any atom is 0.165 e. The quantitative estimate of drug-likeness (QED) is 0.883. The van der Waals surface area contributed by atoms with E-state index in [1.807, 2.05) is 16.8 Å². The lowest BCUT2D eigenvalue weighted by atomic mass is 9.90. The van der Waals surface area contributed by atoms with Gasteiger partial charge in [-0.05, 0) is 85.7 Å². The summed E-state index contributed by atoms with van der Waals surface area (Å²) in [4.78, 5) is 2.49. The maximum atomic E-state index is 9.34. The summed E-state index contributed by atoms with van der Waals surface area (Å²) in [5, 5.41) is 21.5. The van der Waals surface area contributed by atoms with E-state index in [0.717, 1.165) is 37.8 Å². The van der Waals surface area contributed by atoms with Gasteiger partial charge in [0.2, 0.25) is 0 Å². The standard InChI is InChI=1S/C18H25N5O/c24-17-7-3-14(4-8-17)1-2-15-9-11-22(12-10-15)13-18-19-20-21-23(18)16-5-6-16/h3-4,7-8,15-16,24H,1-2,5-6,9-13H2. The topological polar surface area (TPSA) is 67.1 Å². The van der Waals surface area contributed by atoms with Crippen LogP contribution in [0.3, 0.4) is 0 Å². The van der Waals surface area contributed by atoms with Crippen LogP contribution in [0.4, 0.5) is 0 Å². The molecule has 128 valence electrons. The fraction of sp³-hybridized carbons (Fsp3) is 0.611. The van der Waals surface area contributed by atoms with Crippen molar-refractivity contribution < 1.29 is 5.11 Å². The third-order valence-electron chi connectivity index (χ3n) is 5.30. The number of likely N-dealkylation sites (tertiary alicyclic amines) is 1. The number of nitrogens with zero attached hydrogens (tertiary/aromatic N) is 5. The number of aromatic nitrogens is 4. The van der Waals surface area contributed by atoms with Gasteiger partial charge in [0.1, 0.15) is 5.75 Å². The zero-order chi connectivity index (χ0) is 16.4. The Hall–Kier alpha value is -1.95. The van der Waals surface area contributed by atoms with Gasteiger partial charge in [0.15, 0.2) is 5.82 Å². The lowest BCUT2D eigenvalue weighted by Crippen LogP contribution is -2.34. The first-order valence-electron chi connectivity index (χ1n) is 9.05. The molecule has 2 fully saturated rings. The number of aryl methyl sites for hydroxylation is 1. The molecule has 1 saturated heterocycles. The minimum Gasteiger partial charge on any atom is -0.508 e. The van der Waals surface area contributed by atoms with Crippen molar-refractivity contribution in [3.8, 4) is 5.75 Å². The predicted octanol–water partition coefficient (Wildman–Crippen LogP) is 2.56. The van der Waals surface area contributed by atoms with E-state index in [2.05, 4.69) is 20.4 Å². The van der Waals surface area contributed by atoms with E-state index in [-0.39, 0.29) is 0 Å². The summed E-state index contributed by atoms with van der Waals surface area (Å²) in [6, 6.07) is 8.17. The molecule has 6 heteroatoms. The highest BCUT2D eigenvalue weighted by atomic mass is 16.3. The van der Waals surface area contributed by atoms with Gasteiger partial charge in [-0.25, -0.2) is 4.68 Å². The van der Waals surface area contributed by atoms with E-state index in [4.69, 9.17) is 0 Å². The summed E-state index contributed by atoms with van der Waals surface area (Å²) in [7, 11) is 0. The first kappa shape index (κ1) is 15.6. The molecular formula is C18H25N5O. The van der Waals surface area contributed by atoms with E-state index in [1.54, 1.807) is 12.1 Å². The van der Waals surface area contributed by atoms with E-state index in [0.29, 0.717) is 11.8 Å². The normalized spacial score (nSPS) is 19.7. The van der Waals surface area contributed by atoms with Gasteiger partial charge < -0.3 is 5.11 Å². The molecule has 1 aromatic heterocycles. The van der Waals surface area contributed by atoms with Gasteiger partial charge in [-0.1, -0.05) is 12.1 Å². The molecule has 2 aliphatic rings. The zero-order valence-electron chi connectivity index (χ0n) is 14.0. The van der Waals surface area contributed by atoms with E-state index in [1.165, 1.54) is 37.7 Å². The Bertz CT molecular complexity index is 656. The van der Waals surface area contributed by atoms with Crippen molar-refractivity contribution in [2.24, 2.45) is 5.92 Å². The third-order valence-corrected chi connectivity index (χ3v) is 5.30. The van der Waals surface area contributed by atoms with Crippen molar-refractivity contribution in [3.63, 3.8) is 0 Å². The number of benzene rings is 1. The number of phenols is 1. The number of hydrogen-bond donors (Lipinski definition) is 1. The largest absolute Gasteiger partial charge is 0.508 e. The van der Waals surface area contributed by atoms with E-state index >= 15 is 0 Å². The Labute approximate surface area is 142 Å². The molecule has 2 heterocycles. The Morgan fingerprint density at radius 2 is 1.79 bits per heavy atom. The first-order chi connectivity index (χ1) is 11.8. The summed E-state index contributed by atoms with van der Waals surface area (Å²) in [6.45, 7) is 3.16. The van der Waals surface area contributed by atoms with E-state index in [9.17, 15) is 5.11 Å². The van der Waals surface area contributed by atoms with Gasteiger partial charge in [-0.15, -0.1) is 5.10 Å². The van der Waals surface area contributed by atoms with Gasteiger partial charge in [0.05, 0.1) is 12.6 Å². The number of rotatable bonds is 6. The molecule has 0 spiro atoms. The molecular weight excluding hydrogens is 302 g/mol. The van der Waals surface area contributed by atoms with Crippen molar-refractivity contribution in [3.05, 3.63) is 35.7 Å². The lowest BCUT2D eigenvalue weighted by Gasteiger charge is -2.31. The molecule has 1 aromatic carbocycles. The predicted molar refractivity (Wildman–Crippen MR) is 90.5 cm³/mol. The maximum absolute atomic E-state index is 9.34. The Kier molecular flexibility index (Phi) is 4.47. The summed E-state index contributed by atoms with van der Waals surface area (Å²) in [5.41, 5.74) is 1.32. The van der Waals surface area contributed by atoms with Crippen LogP contribution in [0.1, 0.15) is 49.5 Å². The van der Waals surface area contributed by atoms with Gasteiger partial charge in [0.25, 0.3) is 0 Å². The number of hydrogen-bond acceptors (Lipinski definition) is 5.